The molecule has 134 valence electrons. The van der Waals surface area contributed by atoms with Crippen molar-refractivity contribution in [2.75, 3.05) is 6.54 Å². The Morgan fingerprint density at radius 2 is 1.88 bits per heavy atom. The van der Waals surface area contributed by atoms with E-state index in [0.717, 1.165) is 12.6 Å². The predicted molar refractivity (Wildman–Crippen MR) is 88.0 cm³/mol. The minimum Gasteiger partial charge on any atom is -0.479 e. The Balaban J connectivity index is 2.14. The van der Waals surface area contributed by atoms with E-state index in [1.54, 1.807) is 30.7 Å². The smallest absolute Gasteiger partial charge is 0.337 e. The maximum Gasteiger partial charge on any atom is 0.337 e. The Labute approximate surface area is 144 Å². The van der Waals surface area contributed by atoms with Gasteiger partial charge in [0.15, 0.2) is 5.60 Å². The van der Waals surface area contributed by atoms with Crippen molar-refractivity contribution in [3.8, 4) is 5.69 Å². The molecule has 25 heavy (non-hydrogen) atoms. The van der Waals surface area contributed by atoms with E-state index in [9.17, 15) is 19.1 Å². The van der Waals surface area contributed by atoms with Crippen LogP contribution in [0.25, 0.3) is 5.69 Å². The summed E-state index contributed by atoms with van der Waals surface area (Å²) in [7, 11) is 0. The first kappa shape index (κ1) is 18.6. The second kappa shape index (κ2) is 7.02. The van der Waals surface area contributed by atoms with Gasteiger partial charge in [0.05, 0.1) is 24.3 Å². The molecule has 0 saturated heterocycles. The fourth-order valence-electron chi connectivity index (χ4n) is 2.33. The van der Waals surface area contributed by atoms with Crippen LogP contribution in [0.2, 0.25) is 0 Å². The summed E-state index contributed by atoms with van der Waals surface area (Å²) in [6.07, 6.45) is -0.00540. The Kier molecular flexibility index (Phi) is 5.22. The number of hydrogen-bond acceptors (Lipinski definition) is 4. The number of amides is 1. The van der Waals surface area contributed by atoms with Gasteiger partial charge in [0.25, 0.3) is 0 Å². The normalized spacial score (nSPS) is 13.3. The van der Waals surface area contributed by atoms with Gasteiger partial charge in [-0.2, -0.15) is 5.10 Å². The molecule has 0 fully saturated rings. The van der Waals surface area contributed by atoms with Crippen molar-refractivity contribution in [1.29, 1.82) is 0 Å². The number of nitrogens with zero attached hydrogens (tertiary/aromatic N) is 2. The molecule has 1 unspecified atom stereocenters. The summed E-state index contributed by atoms with van der Waals surface area (Å²) in [5, 5.41) is 25.2. The van der Waals surface area contributed by atoms with E-state index in [-0.39, 0.29) is 12.2 Å². The number of carbonyl (C=O) groups excluding carboxylic acids is 1. The van der Waals surface area contributed by atoms with E-state index in [4.69, 9.17) is 5.11 Å². The van der Waals surface area contributed by atoms with Crippen LogP contribution in [-0.2, 0) is 16.0 Å². The first-order valence-corrected chi connectivity index (χ1v) is 7.65. The van der Waals surface area contributed by atoms with Crippen LogP contribution < -0.4 is 5.32 Å². The minimum atomic E-state index is -2.03. The molecule has 0 spiro atoms. The maximum absolute atomic E-state index is 13.1. The van der Waals surface area contributed by atoms with Crippen molar-refractivity contribution >= 4 is 11.9 Å². The molecular weight excluding hydrogens is 329 g/mol. The Morgan fingerprint density at radius 1 is 1.28 bits per heavy atom. The van der Waals surface area contributed by atoms with Gasteiger partial charge < -0.3 is 15.5 Å². The summed E-state index contributed by atoms with van der Waals surface area (Å²) in [4.78, 5) is 22.9. The van der Waals surface area contributed by atoms with E-state index in [2.05, 4.69) is 10.4 Å². The maximum atomic E-state index is 13.1. The third-order valence-electron chi connectivity index (χ3n) is 3.94. The molecule has 1 aromatic heterocycles. The van der Waals surface area contributed by atoms with Crippen LogP contribution in [0.5, 0.6) is 0 Å². The number of aromatic nitrogens is 2. The highest BCUT2D eigenvalue weighted by Gasteiger charge is 2.30. The van der Waals surface area contributed by atoms with E-state index in [1.165, 1.54) is 12.1 Å². The Hall–Kier alpha value is -2.74. The lowest BCUT2D eigenvalue weighted by Gasteiger charge is -2.18. The van der Waals surface area contributed by atoms with Crippen molar-refractivity contribution in [1.82, 2.24) is 15.1 Å². The molecular formula is C17H20FN3O4. The van der Waals surface area contributed by atoms with E-state index in [1.807, 2.05) is 0 Å². The summed E-state index contributed by atoms with van der Waals surface area (Å²) in [6.45, 7) is 4.26. The highest BCUT2D eigenvalue weighted by Crippen LogP contribution is 2.19. The molecule has 1 aromatic carbocycles. The summed E-state index contributed by atoms with van der Waals surface area (Å²) in [6, 6.07) is 5.82. The lowest BCUT2D eigenvalue weighted by Crippen LogP contribution is -2.46. The van der Waals surface area contributed by atoms with Crippen LogP contribution in [-0.4, -0.2) is 44.0 Å². The Morgan fingerprint density at radius 3 is 2.44 bits per heavy atom. The molecule has 0 bridgehead atoms. The van der Waals surface area contributed by atoms with Crippen LogP contribution in [0.3, 0.4) is 0 Å². The van der Waals surface area contributed by atoms with Crippen LogP contribution in [0, 0.1) is 19.7 Å². The number of carboxylic acids is 1. The van der Waals surface area contributed by atoms with Gasteiger partial charge in [0.2, 0.25) is 5.91 Å². The van der Waals surface area contributed by atoms with Gasteiger partial charge in [-0.15, -0.1) is 0 Å². The molecule has 1 heterocycles. The van der Waals surface area contributed by atoms with Gasteiger partial charge in [0, 0.05) is 11.3 Å². The SMILES string of the molecule is Cc1nn(-c2ccc(F)cc2)c(C)c1CC(=O)NCC(C)(O)C(=O)O. The molecule has 2 rings (SSSR count). The van der Waals surface area contributed by atoms with Crippen LogP contribution in [0.1, 0.15) is 23.9 Å². The third-order valence-corrected chi connectivity index (χ3v) is 3.94. The lowest BCUT2D eigenvalue weighted by molar-refractivity contribution is -0.156. The molecule has 0 aliphatic heterocycles. The number of aliphatic carboxylic acids is 1. The van der Waals surface area contributed by atoms with Crippen molar-refractivity contribution in [2.24, 2.45) is 0 Å². The molecule has 1 atom stereocenters. The number of carboxylic acid groups (broad SMARTS) is 1. The number of hydrogen-bond donors (Lipinski definition) is 3. The summed E-state index contributed by atoms with van der Waals surface area (Å²) in [5.74, 6) is -2.19. The summed E-state index contributed by atoms with van der Waals surface area (Å²) < 4.78 is 14.7. The number of rotatable bonds is 6. The molecule has 0 radical (unpaired) electrons. The fourth-order valence-corrected chi connectivity index (χ4v) is 2.33. The molecule has 7 nitrogen and oxygen atoms in total. The number of aryl methyl sites for hydroxylation is 1. The van der Waals surface area contributed by atoms with Crippen molar-refractivity contribution in [3.05, 3.63) is 47.0 Å². The van der Waals surface area contributed by atoms with Gasteiger partial charge in [-0.25, -0.2) is 13.9 Å². The molecule has 1 amide bonds. The van der Waals surface area contributed by atoms with Gasteiger partial charge in [-0.05, 0) is 45.0 Å². The first-order chi connectivity index (χ1) is 11.6. The van der Waals surface area contributed by atoms with E-state index < -0.39 is 24.0 Å². The van der Waals surface area contributed by atoms with Crippen molar-refractivity contribution in [2.45, 2.75) is 32.8 Å². The topological polar surface area (TPSA) is 104 Å². The second-order valence-electron chi connectivity index (χ2n) is 6.07. The van der Waals surface area contributed by atoms with Crippen LogP contribution >= 0.6 is 0 Å². The van der Waals surface area contributed by atoms with E-state index >= 15 is 0 Å². The number of halogens is 1. The largest absolute Gasteiger partial charge is 0.479 e. The van der Waals surface area contributed by atoms with Crippen LogP contribution in [0.4, 0.5) is 4.39 Å². The standard InChI is InChI=1S/C17H20FN3O4/c1-10-14(8-15(22)19-9-17(3,25)16(23)24)11(2)21(20-10)13-6-4-12(18)5-7-13/h4-7,25H,8-9H2,1-3H3,(H,19,22)(H,23,24). The number of aliphatic hydroxyl groups is 1. The molecule has 2 aromatic rings. The second-order valence-corrected chi connectivity index (χ2v) is 6.07. The van der Waals surface area contributed by atoms with Gasteiger partial charge in [0.1, 0.15) is 5.82 Å². The molecule has 0 aliphatic rings. The summed E-state index contributed by atoms with van der Waals surface area (Å²) >= 11 is 0. The number of benzene rings is 1. The lowest BCUT2D eigenvalue weighted by atomic mass is 10.1. The molecule has 0 saturated carbocycles. The average Bonchev–Trinajstić information content (AvgIpc) is 2.82. The quantitative estimate of drug-likeness (QED) is 0.725. The third kappa shape index (κ3) is 4.21. The summed E-state index contributed by atoms with van der Waals surface area (Å²) in [5.41, 5.74) is 0.698. The van der Waals surface area contributed by atoms with Gasteiger partial charge in [-0.3, -0.25) is 4.79 Å². The molecule has 0 aliphatic carbocycles. The Bertz CT molecular complexity index is 797. The van der Waals surface area contributed by atoms with Gasteiger partial charge >= 0.3 is 5.97 Å². The predicted octanol–water partition coefficient (Wildman–Crippen LogP) is 1.12. The number of carbonyl (C=O) groups is 2. The van der Waals surface area contributed by atoms with Crippen LogP contribution in [0.15, 0.2) is 24.3 Å². The van der Waals surface area contributed by atoms with Crippen molar-refractivity contribution in [3.63, 3.8) is 0 Å². The highest BCUT2D eigenvalue weighted by molar-refractivity contribution is 5.81. The number of nitrogens with one attached hydrogen (secondary N) is 1. The van der Waals surface area contributed by atoms with Crippen molar-refractivity contribution < 1.29 is 24.2 Å². The molecule has 3 N–H and O–H groups in total. The zero-order valence-corrected chi connectivity index (χ0v) is 14.2. The molecule has 8 heteroatoms. The van der Waals surface area contributed by atoms with E-state index in [0.29, 0.717) is 16.9 Å². The first-order valence-electron chi connectivity index (χ1n) is 7.65. The zero-order chi connectivity index (χ0) is 18.8. The average molecular weight is 349 g/mol. The fraction of sp³-hybridized carbons (Fsp3) is 0.353. The monoisotopic (exact) mass is 349 g/mol. The zero-order valence-electron chi connectivity index (χ0n) is 14.2. The van der Waals surface area contributed by atoms with Gasteiger partial charge in [-0.1, -0.05) is 0 Å². The minimum absolute atomic E-state index is 0.00540. The highest BCUT2D eigenvalue weighted by atomic mass is 19.1.